The standard InChI is InChI=1S/C10H15NO2S/c1-4-10(3,9(12)13)5-8-6-11-7(2)14-8/h6H,4-5H2,1-3H3,(H,12,13). The number of aromatic nitrogens is 1. The van der Waals surface area contributed by atoms with Gasteiger partial charge in [0.2, 0.25) is 0 Å². The minimum atomic E-state index is -0.731. The van der Waals surface area contributed by atoms with Gasteiger partial charge >= 0.3 is 5.97 Å². The largest absolute Gasteiger partial charge is 0.481 e. The summed E-state index contributed by atoms with van der Waals surface area (Å²) >= 11 is 1.57. The minimum Gasteiger partial charge on any atom is -0.481 e. The predicted octanol–water partition coefficient (Wildman–Crippen LogP) is 2.49. The van der Waals surface area contributed by atoms with Crippen LogP contribution in [0.1, 0.15) is 30.2 Å². The van der Waals surface area contributed by atoms with Crippen molar-refractivity contribution in [3.63, 3.8) is 0 Å². The maximum Gasteiger partial charge on any atom is 0.309 e. The number of hydrogen-bond donors (Lipinski definition) is 1. The highest BCUT2D eigenvalue weighted by molar-refractivity contribution is 7.11. The first kappa shape index (κ1) is 11.2. The van der Waals surface area contributed by atoms with E-state index in [9.17, 15) is 4.79 Å². The molecular formula is C10H15NO2S. The molecule has 0 saturated heterocycles. The predicted molar refractivity (Wildman–Crippen MR) is 56.6 cm³/mol. The van der Waals surface area contributed by atoms with Crippen molar-refractivity contribution in [2.75, 3.05) is 0 Å². The zero-order chi connectivity index (χ0) is 10.8. The summed E-state index contributed by atoms with van der Waals surface area (Å²) in [5, 5.41) is 10.1. The van der Waals surface area contributed by atoms with Crippen molar-refractivity contribution in [3.8, 4) is 0 Å². The molecular weight excluding hydrogens is 198 g/mol. The first-order chi connectivity index (χ1) is 6.48. The third-order valence-corrected chi connectivity index (χ3v) is 3.44. The molecule has 1 aromatic heterocycles. The number of aliphatic carboxylic acids is 1. The summed E-state index contributed by atoms with van der Waals surface area (Å²) in [6, 6.07) is 0. The molecule has 0 fully saturated rings. The van der Waals surface area contributed by atoms with Crippen LogP contribution < -0.4 is 0 Å². The normalized spacial score (nSPS) is 15.1. The van der Waals surface area contributed by atoms with Crippen LogP contribution >= 0.6 is 11.3 Å². The van der Waals surface area contributed by atoms with Gasteiger partial charge in [-0.05, 0) is 26.7 Å². The molecule has 0 spiro atoms. The van der Waals surface area contributed by atoms with Crippen LogP contribution in [0.3, 0.4) is 0 Å². The highest BCUT2D eigenvalue weighted by Gasteiger charge is 2.31. The minimum absolute atomic E-state index is 0.574. The lowest BCUT2D eigenvalue weighted by atomic mass is 9.84. The van der Waals surface area contributed by atoms with Crippen molar-refractivity contribution in [1.82, 2.24) is 4.98 Å². The van der Waals surface area contributed by atoms with Crippen molar-refractivity contribution < 1.29 is 9.90 Å². The molecule has 1 rings (SSSR count). The van der Waals surface area contributed by atoms with Crippen LogP contribution in [0, 0.1) is 12.3 Å². The summed E-state index contributed by atoms with van der Waals surface area (Å²) in [6.45, 7) is 5.62. The molecule has 0 radical (unpaired) electrons. The zero-order valence-corrected chi connectivity index (χ0v) is 9.52. The number of carboxylic acid groups (broad SMARTS) is 1. The Morgan fingerprint density at radius 1 is 1.71 bits per heavy atom. The van der Waals surface area contributed by atoms with Crippen LogP contribution in [-0.2, 0) is 11.2 Å². The van der Waals surface area contributed by atoms with Crippen LogP contribution in [-0.4, -0.2) is 16.1 Å². The molecule has 1 atom stereocenters. The first-order valence-electron chi connectivity index (χ1n) is 4.62. The maximum atomic E-state index is 11.0. The molecule has 1 heterocycles. The van der Waals surface area contributed by atoms with Crippen molar-refractivity contribution in [3.05, 3.63) is 16.1 Å². The van der Waals surface area contributed by atoms with Gasteiger partial charge in [0.05, 0.1) is 10.4 Å². The van der Waals surface area contributed by atoms with Crippen LogP contribution in [0.25, 0.3) is 0 Å². The molecule has 0 aliphatic heterocycles. The summed E-state index contributed by atoms with van der Waals surface area (Å²) in [5.41, 5.74) is -0.654. The topological polar surface area (TPSA) is 50.2 Å². The van der Waals surface area contributed by atoms with E-state index >= 15 is 0 Å². The number of aryl methyl sites for hydroxylation is 1. The third-order valence-electron chi connectivity index (χ3n) is 2.53. The summed E-state index contributed by atoms with van der Waals surface area (Å²) in [4.78, 5) is 16.2. The summed E-state index contributed by atoms with van der Waals surface area (Å²) in [5.74, 6) is -0.731. The Balaban J connectivity index is 2.80. The van der Waals surface area contributed by atoms with E-state index in [1.165, 1.54) is 0 Å². The third kappa shape index (κ3) is 2.32. The van der Waals surface area contributed by atoms with Gasteiger partial charge in [0.25, 0.3) is 0 Å². The van der Waals surface area contributed by atoms with Gasteiger partial charge in [-0.3, -0.25) is 4.79 Å². The lowest BCUT2D eigenvalue weighted by Gasteiger charge is -2.21. The smallest absolute Gasteiger partial charge is 0.309 e. The highest BCUT2D eigenvalue weighted by atomic mass is 32.1. The highest BCUT2D eigenvalue weighted by Crippen LogP contribution is 2.29. The molecule has 0 bridgehead atoms. The molecule has 0 amide bonds. The number of carbonyl (C=O) groups is 1. The average Bonchev–Trinajstić information content (AvgIpc) is 2.50. The fraction of sp³-hybridized carbons (Fsp3) is 0.600. The van der Waals surface area contributed by atoms with Gasteiger partial charge in [-0.15, -0.1) is 11.3 Å². The Kier molecular flexibility index (Phi) is 3.26. The van der Waals surface area contributed by atoms with E-state index < -0.39 is 11.4 Å². The lowest BCUT2D eigenvalue weighted by molar-refractivity contribution is -0.148. The van der Waals surface area contributed by atoms with E-state index in [1.54, 1.807) is 24.5 Å². The number of nitrogens with zero attached hydrogens (tertiary/aromatic N) is 1. The summed E-state index contributed by atoms with van der Waals surface area (Å²) < 4.78 is 0. The molecule has 4 heteroatoms. The van der Waals surface area contributed by atoms with Crippen molar-refractivity contribution in [2.24, 2.45) is 5.41 Å². The van der Waals surface area contributed by atoms with Crippen molar-refractivity contribution in [1.29, 1.82) is 0 Å². The molecule has 78 valence electrons. The van der Waals surface area contributed by atoms with Crippen LogP contribution in [0.15, 0.2) is 6.20 Å². The molecule has 0 aliphatic rings. The molecule has 14 heavy (non-hydrogen) atoms. The van der Waals surface area contributed by atoms with Crippen molar-refractivity contribution in [2.45, 2.75) is 33.6 Å². The maximum absolute atomic E-state index is 11.0. The Bertz CT molecular complexity index is 335. The van der Waals surface area contributed by atoms with Gasteiger partial charge in [0, 0.05) is 11.1 Å². The Morgan fingerprint density at radius 3 is 2.71 bits per heavy atom. The summed E-state index contributed by atoms with van der Waals surface area (Å²) in [7, 11) is 0. The van der Waals surface area contributed by atoms with E-state index in [2.05, 4.69) is 4.98 Å². The second-order valence-electron chi connectivity index (χ2n) is 3.74. The van der Waals surface area contributed by atoms with E-state index in [0.717, 1.165) is 9.88 Å². The van der Waals surface area contributed by atoms with Gasteiger partial charge in [0.1, 0.15) is 0 Å². The number of carboxylic acids is 1. The van der Waals surface area contributed by atoms with Gasteiger partial charge < -0.3 is 5.11 Å². The zero-order valence-electron chi connectivity index (χ0n) is 8.70. The Hall–Kier alpha value is -0.900. The van der Waals surface area contributed by atoms with E-state index in [4.69, 9.17) is 5.11 Å². The fourth-order valence-corrected chi connectivity index (χ4v) is 2.20. The van der Waals surface area contributed by atoms with Crippen molar-refractivity contribution >= 4 is 17.3 Å². The number of rotatable bonds is 4. The molecule has 1 unspecified atom stereocenters. The van der Waals surface area contributed by atoms with Crippen LogP contribution in [0.5, 0.6) is 0 Å². The van der Waals surface area contributed by atoms with Crippen LogP contribution in [0.4, 0.5) is 0 Å². The second kappa shape index (κ2) is 4.09. The SMILES string of the molecule is CCC(C)(Cc1cnc(C)s1)C(=O)O. The molecule has 3 nitrogen and oxygen atoms in total. The van der Waals surface area contributed by atoms with E-state index in [1.807, 2.05) is 13.8 Å². The second-order valence-corrected chi connectivity index (χ2v) is 5.06. The Morgan fingerprint density at radius 2 is 2.36 bits per heavy atom. The van der Waals surface area contributed by atoms with Gasteiger partial charge in [-0.1, -0.05) is 6.92 Å². The molecule has 0 aliphatic carbocycles. The van der Waals surface area contributed by atoms with Crippen LogP contribution in [0.2, 0.25) is 0 Å². The molecule has 1 N–H and O–H groups in total. The van der Waals surface area contributed by atoms with E-state index in [0.29, 0.717) is 12.8 Å². The number of hydrogen-bond acceptors (Lipinski definition) is 3. The van der Waals surface area contributed by atoms with Gasteiger partial charge in [-0.2, -0.15) is 0 Å². The number of thiazole rings is 1. The van der Waals surface area contributed by atoms with Gasteiger partial charge in [-0.25, -0.2) is 4.98 Å². The molecule has 1 aromatic rings. The Labute approximate surface area is 87.8 Å². The fourth-order valence-electron chi connectivity index (χ4n) is 1.22. The average molecular weight is 213 g/mol. The summed E-state index contributed by atoms with van der Waals surface area (Å²) in [6.07, 6.45) is 2.99. The molecule has 0 saturated carbocycles. The quantitative estimate of drug-likeness (QED) is 0.836. The first-order valence-corrected chi connectivity index (χ1v) is 5.44. The molecule has 0 aromatic carbocycles. The van der Waals surface area contributed by atoms with E-state index in [-0.39, 0.29) is 0 Å². The monoisotopic (exact) mass is 213 g/mol. The lowest BCUT2D eigenvalue weighted by Crippen LogP contribution is -2.28. The van der Waals surface area contributed by atoms with Gasteiger partial charge in [0.15, 0.2) is 0 Å².